The van der Waals surface area contributed by atoms with E-state index >= 15 is 0 Å². The third-order valence-corrected chi connectivity index (χ3v) is 2.40. The predicted molar refractivity (Wildman–Crippen MR) is 46.9 cm³/mol. The second kappa shape index (κ2) is 4.72. The summed E-state index contributed by atoms with van der Waals surface area (Å²) in [5.41, 5.74) is 8.24. The Hall–Kier alpha value is -1.22. The molecule has 1 fully saturated rings. The maximum atomic E-state index is 11.2. The largest absolute Gasteiger partial charge is 0.469 e. The smallest absolute Gasteiger partial charge is 0.308 e. The summed E-state index contributed by atoms with van der Waals surface area (Å²) in [5, 5.41) is 3.62. The number of hydrogen-bond donors (Lipinski definition) is 0. The Balaban J connectivity index is 2.50. The van der Waals surface area contributed by atoms with Gasteiger partial charge in [0.2, 0.25) is 0 Å². The van der Waals surface area contributed by atoms with E-state index in [1.54, 1.807) is 0 Å². The van der Waals surface area contributed by atoms with Crippen LogP contribution in [0.4, 0.5) is 0 Å². The van der Waals surface area contributed by atoms with Crippen molar-refractivity contribution in [3.8, 4) is 0 Å². The molecule has 5 nitrogen and oxygen atoms in total. The van der Waals surface area contributed by atoms with Crippen molar-refractivity contribution < 1.29 is 9.53 Å². The average Bonchev–Trinajstić information content (AvgIpc) is 2.18. The van der Waals surface area contributed by atoms with Crippen molar-refractivity contribution in [2.24, 2.45) is 11.0 Å². The Morgan fingerprint density at radius 3 is 3.00 bits per heavy atom. The fraction of sp³-hybridized carbons (Fsp3) is 0.875. The number of esters is 1. The lowest BCUT2D eigenvalue weighted by Crippen LogP contribution is -2.25. The molecule has 0 aromatic heterocycles. The van der Waals surface area contributed by atoms with Crippen LogP contribution in [0, 0.1) is 5.92 Å². The van der Waals surface area contributed by atoms with Gasteiger partial charge in [0.05, 0.1) is 13.0 Å². The van der Waals surface area contributed by atoms with Crippen LogP contribution in [0.1, 0.15) is 25.7 Å². The van der Waals surface area contributed by atoms with Crippen molar-refractivity contribution in [1.29, 1.82) is 0 Å². The summed E-state index contributed by atoms with van der Waals surface area (Å²) in [4.78, 5) is 13.9. The highest BCUT2D eigenvalue weighted by Crippen LogP contribution is 2.27. The first-order valence-corrected chi connectivity index (χ1v) is 4.40. The van der Waals surface area contributed by atoms with Gasteiger partial charge >= 0.3 is 5.97 Å². The molecule has 0 N–H and O–H groups in total. The van der Waals surface area contributed by atoms with Crippen molar-refractivity contribution in [3.63, 3.8) is 0 Å². The summed E-state index contributed by atoms with van der Waals surface area (Å²) in [7, 11) is 1.39. The molecule has 2 atom stereocenters. The van der Waals surface area contributed by atoms with Crippen LogP contribution < -0.4 is 0 Å². The molecule has 0 aromatic carbocycles. The van der Waals surface area contributed by atoms with E-state index < -0.39 is 0 Å². The molecule has 0 heterocycles. The Bertz CT molecular complexity index is 236. The zero-order valence-corrected chi connectivity index (χ0v) is 7.64. The molecule has 0 amide bonds. The first-order chi connectivity index (χ1) is 6.27. The number of ether oxygens (including phenoxy) is 1. The highest BCUT2D eigenvalue weighted by Gasteiger charge is 2.26. The number of azide groups is 1. The number of rotatable bonds is 2. The molecule has 5 heteroatoms. The van der Waals surface area contributed by atoms with E-state index in [1.165, 1.54) is 7.11 Å². The van der Waals surface area contributed by atoms with Gasteiger partial charge in [-0.3, -0.25) is 4.79 Å². The number of carbonyl (C=O) groups excluding carboxylic acids is 1. The molecular formula is C8H13N3O2. The Kier molecular flexibility index (Phi) is 3.58. The second-order valence-corrected chi connectivity index (χ2v) is 3.25. The maximum Gasteiger partial charge on any atom is 0.308 e. The summed E-state index contributed by atoms with van der Waals surface area (Å²) in [6.07, 6.45) is 3.31. The van der Waals surface area contributed by atoms with Gasteiger partial charge in [-0.25, -0.2) is 0 Å². The molecule has 1 rings (SSSR count). The standard InChI is InChI=1S/C8H13N3O2/c1-13-8(12)6-3-2-4-7(5-6)10-11-9/h6-7H,2-5H2,1H3/t6-,7+/m0/s1. The molecule has 0 spiro atoms. The van der Waals surface area contributed by atoms with Gasteiger partial charge in [0.1, 0.15) is 0 Å². The minimum Gasteiger partial charge on any atom is -0.469 e. The van der Waals surface area contributed by atoms with E-state index in [0.29, 0.717) is 6.42 Å². The van der Waals surface area contributed by atoms with Crippen LogP contribution in [0.15, 0.2) is 5.11 Å². The maximum absolute atomic E-state index is 11.2. The first kappa shape index (κ1) is 9.86. The summed E-state index contributed by atoms with van der Waals surface area (Å²) >= 11 is 0. The molecule has 0 unspecified atom stereocenters. The van der Waals surface area contributed by atoms with Crippen molar-refractivity contribution in [3.05, 3.63) is 10.4 Å². The van der Waals surface area contributed by atoms with E-state index in [0.717, 1.165) is 19.3 Å². The van der Waals surface area contributed by atoms with Gasteiger partial charge in [0.25, 0.3) is 0 Å². The highest BCUT2D eigenvalue weighted by molar-refractivity contribution is 5.72. The molecule has 0 aromatic rings. The third kappa shape index (κ3) is 2.63. The SMILES string of the molecule is COC(=O)[C@H]1CCC[C@@H](N=[N+]=[N-])C1. The van der Waals surface area contributed by atoms with E-state index in [1.807, 2.05) is 0 Å². The molecule has 13 heavy (non-hydrogen) atoms. The molecule has 0 radical (unpaired) electrons. The molecule has 1 aliphatic carbocycles. The van der Waals surface area contributed by atoms with Gasteiger partial charge in [-0.1, -0.05) is 11.5 Å². The lowest BCUT2D eigenvalue weighted by Gasteiger charge is -2.23. The van der Waals surface area contributed by atoms with E-state index in [4.69, 9.17) is 5.53 Å². The lowest BCUT2D eigenvalue weighted by molar-refractivity contribution is -0.146. The lowest BCUT2D eigenvalue weighted by atomic mass is 9.86. The summed E-state index contributed by atoms with van der Waals surface area (Å²) in [5.74, 6) is -0.257. The zero-order chi connectivity index (χ0) is 9.68. The monoisotopic (exact) mass is 183 g/mol. The summed E-state index contributed by atoms with van der Waals surface area (Å²) in [6.45, 7) is 0. The van der Waals surface area contributed by atoms with Gasteiger partial charge in [-0.15, -0.1) is 0 Å². The van der Waals surface area contributed by atoms with Crippen LogP contribution in [-0.2, 0) is 9.53 Å². The molecular weight excluding hydrogens is 170 g/mol. The quantitative estimate of drug-likeness (QED) is 0.284. The minimum absolute atomic E-state index is 0.0251. The van der Waals surface area contributed by atoms with E-state index in [2.05, 4.69) is 14.8 Å². The number of carbonyl (C=O) groups is 1. The van der Waals surface area contributed by atoms with Crippen LogP contribution in [-0.4, -0.2) is 19.1 Å². The Morgan fingerprint density at radius 2 is 2.38 bits per heavy atom. The number of hydrogen-bond acceptors (Lipinski definition) is 3. The molecule has 72 valence electrons. The third-order valence-electron chi connectivity index (χ3n) is 2.40. The van der Waals surface area contributed by atoms with Gasteiger partial charge < -0.3 is 4.74 Å². The van der Waals surface area contributed by atoms with Crippen LogP contribution in [0.2, 0.25) is 0 Å². The molecule has 0 saturated heterocycles. The van der Waals surface area contributed by atoms with Crippen LogP contribution in [0.25, 0.3) is 10.4 Å². The fourth-order valence-electron chi connectivity index (χ4n) is 1.72. The van der Waals surface area contributed by atoms with Crippen molar-refractivity contribution >= 4 is 5.97 Å². The van der Waals surface area contributed by atoms with Gasteiger partial charge in [-0.05, 0) is 24.8 Å². The first-order valence-electron chi connectivity index (χ1n) is 4.40. The normalized spacial score (nSPS) is 27.5. The van der Waals surface area contributed by atoms with Crippen molar-refractivity contribution in [2.45, 2.75) is 31.7 Å². The topological polar surface area (TPSA) is 75.1 Å². The van der Waals surface area contributed by atoms with Crippen LogP contribution >= 0.6 is 0 Å². The predicted octanol–water partition coefficient (Wildman–Crippen LogP) is 2.03. The van der Waals surface area contributed by atoms with Gasteiger partial charge in [0.15, 0.2) is 0 Å². The molecule has 1 saturated carbocycles. The average molecular weight is 183 g/mol. The van der Waals surface area contributed by atoms with Crippen LogP contribution in [0.5, 0.6) is 0 Å². The zero-order valence-electron chi connectivity index (χ0n) is 7.64. The summed E-state index contributed by atoms with van der Waals surface area (Å²) < 4.78 is 4.64. The fourth-order valence-corrected chi connectivity index (χ4v) is 1.72. The summed E-state index contributed by atoms with van der Waals surface area (Å²) in [6, 6.07) is -0.0251. The second-order valence-electron chi connectivity index (χ2n) is 3.25. The highest BCUT2D eigenvalue weighted by atomic mass is 16.5. The Labute approximate surface area is 76.7 Å². The minimum atomic E-state index is -0.183. The molecule has 0 bridgehead atoms. The number of methoxy groups -OCH3 is 1. The number of nitrogens with zero attached hydrogens (tertiary/aromatic N) is 3. The van der Waals surface area contributed by atoms with Crippen molar-refractivity contribution in [2.75, 3.05) is 7.11 Å². The van der Waals surface area contributed by atoms with E-state index in [-0.39, 0.29) is 17.9 Å². The van der Waals surface area contributed by atoms with Gasteiger partial charge in [0, 0.05) is 11.0 Å². The molecule has 0 aliphatic heterocycles. The Morgan fingerprint density at radius 1 is 1.62 bits per heavy atom. The molecule has 1 aliphatic rings. The van der Waals surface area contributed by atoms with E-state index in [9.17, 15) is 4.79 Å². The van der Waals surface area contributed by atoms with Crippen molar-refractivity contribution in [1.82, 2.24) is 0 Å². The van der Waals surface area contributed by atoms with Crippen LogP contribution in [0.3, 0.4) is 0 Å². The van der Waals surface area contributed by atoms with Gasteiger partial charge in [-0.2, -0.15) is 0 Å².